The Labute approximate surface area is 171 Å². The molecule has 0 spiro atoms. The second-order valence-electron chi connectivity index (χ2n) is 7.21. The molecule has 0 saturated carbocycles. The van der Waals surface area contributed by atoms with Crippen molar-refractivity contribution in [3.63, 3.8) is 0 Å². The number of alkyl halides is 2. The van der Waals surface area contributed by atoms with Gasteiger partial charge in [0.15, 0.2) is 0 Å². The highest BCUT2D eigenvalue weighted by Crippen LogP contribution is 2.33. The van der Waals surface area contributed by atoms with Crippen LogP contribution in [0.5, 0.6) is 0 Å². The van der Waals surface area contributed by atoms with Crippen LogP contribution in [0.15, 0.2) is 65.8 Å². The predicted molar refractivity (Wildman–Crippen MR) is 112 cm³/mol. The smallest absolute Gasteiger partial charge is 0.321 e. The lowest BCUT2D eigenvalue weighted by molar-refractivity contribution is -0.139. The van der Waals surface area contributed by atoms with Gasteiger partial charge >= 0.3 is 5.92 Å². The Hall–Kier alpha value is -2.76. The summed E-state index contributed by atoms with van der Waals surface area (Å²) in [5, 5.41) is 0. The van der Waals surface area contributed by atoms with Gasteiger partial charge in [-0.05, 0) is 43.9 Å². The monoisotopic (exact) mass is 404 g/mol. The molecule has 0 aromatic heterocycles. The molecule has 0 aliphatic carbocycles. The van der Waals surface area contributed by atoms with Crippen LogP contribution in [0.25, 0.3) is 0 Å². The molecule has 1 aliphatic rings. The summed E-state index contributed by atoms with van der Waals surface area (Å²) in [7, 11) is 0. The van der Waals surface area contributed by atoms with Crippen LogP contribution in [0.1, 0.15) is 52.1 Å². The zero-order valence-electron chi connectivity index (χ0n) is 17.5. The molecule has 2 amide bonds. The summed E-state index contributed by atoms with van der Waals surface area (Å²) in [6.07, 6.45) is 5.64. The summed E-state index contributed by atoms with van der Waals surface area (Å²) in [5.41, 5.74) is 8.79. The lowest BCUT2D eigenvalue weighted by Crippen LogP contribution is -2.31. The van der Waals surface area contributed by atoms with E-state index in [1.807, 2.05) is 43.0 Å². The van der Waals surface area contributed by atoms with Crippen LogP contribution in [-0.4, -0.2) is 29.2 Å². The normalized spacial score (nSPS) is 17.7. The van der Waals surface area contributed by atoms with Crippen LogP contribution in [0.3, 0.4) is 0 Å². The van der Waals surface area contributed by atoms with Crippen LogP contribution in [0.4, 0.5) is 8.78 Å². The molecule has 1 aromatic carbocycles. The number of halogens is 2. The number of rotatable bonds is 6. The van der Waals surface area contributed by atoms with Gasteiger partial charge in [-0.25, -0.2) is 0 Å². The van der Waals surface area contributed by atoms with Gasteiger partial charge < -0.3 is 10.6 Å². The second kappa shape index (κ2) is 10.7. The van der Waals surface area contributed by atoms with E-state index in [0.717, 1.165) is 17.6 Å². The lowest BCUT2D eigenvalue weighted by atomic mass is 10.0. The van der Waals surface area contributed by atoms with Gasteiger partial charge in [0, 0.05) is 19.9 Å². The maximum absolute atomic E-state index is 12.3. The quantitative estimate of drug-likeness (QED) is 0.682. The van der Waals surface area contributed by atoms with E-state index in [1.54, 1.807) is 0 Å². The van der Waals surface area contributed by atoms with E-state index in [2.05, 4.69) is 37.4 Å². The third-order valence-electron chi connectivity index (χ3n) is 4.61. The molecule has 1 saturated heterocycles. The number of hydrogen-bond acceptors (Lipinski definition) is 2. The molecule has 1 aromatic rings. The van der Waals surface area contributed by atoms with Gasteiger partial charge in [0.1, 0.15) is 0 Å². The first kappa shape index (κ1) is 24.3. The Bertz CT molecular complexity index is 793. The van der Waals surface area contributed by atoms with Crippen LogP contribution >= 0.6 is 0 Å². The Morgan fingerprint density at radius 2 is 1.86 bits per heavy atom. The highest BCUT2D eigenvalue weighted by atomic mass is 19.3. The first-order valence-electron chi connectivity index (χ1n) is 9.49. The number of carbonyl (C=O) groups is 2. The van der Waals surface area contributed by atoms with Crippen molar-refractivity contribution in [3.8, 4) is 0 Å². The molecule has 1 aliphatic heterocycles. The number of allylic oxidation sites excluding steroid dienone is 4. The third-order valence-corrected chi connectivity index (χ3v) is 4.61. The van der Waals surface area contributed by atoms with Gasteiger partial charge in [-0.1, -0.05) is 54.6 Å². The summed E-state index contributed by atoms with van der Waals surface area (Å²) >= 11 is 0. The summed E-state index contributed by atoms with van der Waals surface area (Å²) in [6.45, 7) is 11.3. The fraction of sp³-hybridized carbons (Fsp3) is 0.391. The van der Waals surface area contributed by atoms with E-state index >= 15 is 0 Å². The van der Waals surface area contributed by atoms with Crippen molar-refractivity contribution < 1.29 is 18.4 Å². The number of amides is 2. The molecule has 29 heavy (non-hydrogen) atoms. The van der Waals surface area contributed by atoms with Crippen molar-refractivity contribution in [1.82, 2.24) is 4.90 Å². The minimum absolute atomic E-state index is 0.195. The zero-order chi connectivity index (χ0) is 22.2. The third kappa shape index (κ3) is 7.29. The van der Waals surface area contributed by atoms with E-state index in [-0.39, 0.29) is 11.9 Å². The number of primary amides is 1. The molecule has 158 valence electrons. The van der Waals surface area contributed by atoms with Crippen molar-refractivity contribution in [2.45, 2.75) is 52.5 Å². The minimum Gasteiger partial charge on any atom is -0.364 e. The predicted octanol–water partition coefficient (Wildman–Crippen LogP) is 4.95. The average Bonchev–Trinajstić information content (AvgIpc) is 3.00. The van der Waals surface area contributed by atoms with Gasteiger partial charge in [0.05, 0.1) is 6.04 Å². The number of hydrogen-bond donors (Lipinski definition) is 1. The molecule has 0 bridgehead atoms. The van der Waals surface area contributed by atoms with E-state index in [4.69, 9.17) is 0 Å². The number of carbonyl (C=O) groups excluding carboxylic acids is 2. The molecule has 1 heterocycles. The minimum atomic E-state index is -3.36. The van der Waals surface area contributed by atoms with E-state index in [9.17, 15) is 18.4 Å². The van der Waals surface area contributed by atoms with Gasteiger partial charge in [-0.3, -0.25) is 9.59 Å². The topological polar surface area (TPSA) is 63.4 Å². The highest BCUT2D eigenvalue weighted by Gasteiger charge is 2.32. The van der Waals surface area contributed by atoms with Crippen LogP contribution < -0.4 is 5.73 Å². The lowest BCUT2D eigenvalue weighted by Gasteiger charge is -2.26. The van der Waals surface area contributed by atoms with Crippen molar-refractivity contribution >= 4 is 11.8 Å². The second-order valence-corrected chi connectivity index (χ2v) is 7.21. The fourth-order valence-electron chi connectivity index (χ4n) is 3.11. The molecular weight excluding hydrogens is 374 g/mol. The van der Waals surface area contributed by atoms with Crippen LogP contribution in [0, 0.1) is 0 Å². The summed E-state index contributed by atoms with van der Waals surface area (Å²) in [5.74, 6) is -4.71. The fourth-order valence-corrected chi connectivity index (χ4v) is 3.11. The van der Waals surface area contributed by atoms with Crippen molar-refractivity contribution in [1.29, 1.82) is 0 Å². The Balaban J connectivity index is 0.000000516. The van der Waals surface area contributed by atoms with E-state index in [0.29, 0.717) is 19.9 Å². The summed E-state index contributed by atoms with van der Waals surface area (Å²) < 4.78 is 22.7. The van der Waals surface area contributed by atoms with Crippen molar-refractivity contribution in [2.75, 3.05) is 6.54 Å². The maximum Gasteiger partial charge on any atom is 0.321 e. The summed E-state index contributed by atoms with van der Waals surface area (Å²) in [4.78, 5) is 23.8. The number of benzene rings is 1. The van der Waals surface area contributed by atoms with Gasteiger partial charge in [0.2, 0.25) is 5.91 Å². The Kier molecular flexibility index (Phi) is 8.95. The zero-order valence-corrected chi connectivity index (χ0v) is 17.5. The van der Waals surface area contributed by atoms with Crippen molar-refractivity contribution in [3.05, 3.63) is 71.3 Å². The summed E-state index contributed by atoms with van der Waals surface area (Å²) in [6, 6.07) is 10.5. The molecule has 4 nitrogen and oxygen atoms in total. The molecular formula is C23H30F2N2O2. The van der Waals surface area contributed by atoms with Gasteiger partial charge in [-0.2, -0.15) is 8.78 Å². The van der Waals surface area contributed by atoms with Crippen molar-refractivity contribution in [2.24, 2.45) is 5.73 Å². The van der Waals surface area contributed by atoms with Crippen LogP contribution in [-0.2, 0) is 9.59 Å². The van der Waals surface area contributed by atoms with Crippen LogP contribution in [0.2, 0.25) is 0 Å². The van der Waals surface area contributed by atoms with Gasteiger partial charge in [-0.15, -0.1) is 0 Å². The van der Waals surface area contributed by atoms with Gasteiger partial charge in [0.25, 0.3) is 5.91 Å². The standard InChI is InChI=1S/C20H25NO.C3H5F2NO/c1-5-9-18(15(2)3)16(4)14-21-19(12-13-20(21)22)17-10-7-6-8-11-17;1-3(4,5)2(6)7/h5-11,19H,2,12-14H2,1,3-4H3;1H3,(H2,6,7)/b9-5-,18-16+;/t19-;/m0./s1. The van der Waals surface area contributed by atoms with E-state index in [1.165, 1.54) is 11.1 Å². The molecule has 2 rings (SSSR count). The first-order chi connectivity index (χ1) is 13.5. The largest absolute Gasteiger partial charge is 0.364 e. The number of nitrogens with two attached hydrogens (primary N) is 1. The Morgan fingerprint density at radius 3 is 2.31 bits per heavy atom. The molecule has 2 N–H and O–H groups in total. The maximum atomic E-state index is 12.3. The SMILES string of the molecule is C=C(C)C(/C=C\C)=C(\C)CN1C(=O)CC[C@H]1c1ccccc1.CC(F)(F)C(N)=O. The first-order valence-corrected chi connectivity index (χ1v) is 9.49. The Morgan fingerprint density at radius 1 is 1.31 bits per heavy atom. The number of nitrogens with zero attached hydrogens (tertiary/aromatic N) is 1. The molecule has 1 atom stereocenters. The molecule has 0 radical (unpaired) electrons. The molecule has 1 fully saturated rings. The average molecular weight is 405 g/mol. The highest BCUT2D eigenvalue weighted by molar-refractivity contribution is 5.81. The molecule has 0 unspecified atom stereocenters. The number of likely N-dealkylation sites (tertiary alicyclic amines) is 1. The van der Waals surface area contributed by atoms with E-state index < -0.39 is 11.8 Å². The molecule has 6 heteroatoms.